The molecule has 0 aliphatic heterocycles. The van der Waals surface area contributed by atoms with Gasteiger partial charge >= 0.3 is 104 Å². The van der Waals surface area contributed by atoms with E-state index < -0.39 is 0 Å². The monoisotopic (exact) mass is 453 g/mol. The van der Waals surface area contributed by atoms with E-state index in [1.54, 1.807) is 34.7 Å². The van der Waals surface area contributed by atoms with E-state index in [1.165, 1.54) is 68.6 Å². The van der Waals surface area contributed by atoms with Crippen molar-refractivity contribution in [1.82, 2.24) is 0 Å². The summed E-state index contributed by atoms with van der Waals surface area (Å²) in [6, 6.07) is 9.11. The minimum absolute atomic E-state index is 0.163. The molecular weight excluding hydrogens is 415 g/mol. The maximum absolute atomic E-state index is 11.0. The van der Waals surface area contributed by atoms with Crippen molar-refractivity contribution in [3.63, 3.8) is 0 Å². The van der Waals surface area contributed by atoms with Crippen molar-refractivity contribution in [3.05, 3.63) is 30.3 Å². The Kier molecular flexibility index (Phi) is 19.4. The van der Waals surface area contributed by atoms with Gasteiger partial charge < -0.3 is 4.74 Å². The topological polar surface area (TPSA) is 26.3 Å². The van der Waals surface area contributed by atoms with Crippen molar-refractivity contribution in [3.8, 4) is 5.75 Å². The van der Waals surface area contributed by atoms with E-state index in [0.29, 0.717) is 12.2 Å². The van der Waals surface area contributed by atoms with Crippen LogP contribution in [0.5, 0.6) is 5.75 Å². The Balaban J connectivity index is 0.000000462. The predicted molar refractivity (Wildman–Crippen MR) is 109 cm³/mol. The molecule has 0 amide bonds. The van der Waals surface area contributed by atoms with Crippen LogP contribution in [0, 0.1) is 0 Å². The molecule has 2 nitrogen and oxygen atoms in total. The summed E-state index contributed by atoms with van der Waals surface area (Å²) < 4.78 is 6.48. The maximum atomic E-state index is 11.0. The van der Waals surface area contributed by atoms with Crippen molar-refractivity contribution in [2.45, 2.75) is 95.3 Å². The van der Waals surface area contributed by atoms with Crippen LogP contribution in [0.25, 0.3) is 0 Å². The molecule has 1 rings (SSSR count). The molecule has 0 aliphatic rings. The van der Waals surface area contributed by atoms with Gasteiger partial charge in [-0.05, 0) is 18.6 Å². The van der Waals surface area contributed by atoms with Crippen LogP contribution in [0.15, 0.2) is 30.3 Å². The van der Waals surface area contributed by atoms with Crippen molar-refractivity contribution < 1.29 is 9.53 Å². The number of carbonyl (C=O) groups excluding carboxylic acids is 1. The van der Waals surface area contributed by atoms with Gasteiger partial charge in [-0.3, -0.25) is 4.79 Å². The van der Waals surface area contributed by atoms with Gasteiger partial charge in [-0.2, -0.15) is 0 Å². The third kappa shape index (κ3) is 18.1. The first-order valence-corrected chi connectivity index (χ1v) is 12.2. The van der Waals surface area contributed by atoms with Crippen LogP contribution in [0.4, 0.5) is 0 Å². The summed E-state index contributed by atoms with van der Waals surface area (Å²) in [5, 5.41) is 0. The molecule has 0 spiro atoms. The molecule has 1 aromatic rings. The number of hydrogen-bond donors (Lipinski definition) is 0. The van der Waals surface area contributed by atoms with Crippen molar-refractivity contribution in [2.24, 2.45) is 0 Å². The molecule has 0 atom stereocenters. The van der Waals surface area contributed by atoms with Crippen LogP contribution in [0.2, 0.25) is 4.44 Å². The van der Waals surface area contributed by atoms with E-state index in [2.05, 4.69) is 6.92 Å². The van der Waals surface area contributed by atoms with Gasteiger partial charge in [0.2, 0.25) is 0 Å². The molecular formula is C22H37O2Sn. The fourth-order valence-corrected chi connectivity index (χ4v) is 3.20. The molecule has 3 heteroatoms. The molecule has 0 aliphatic carbocycles. The van der Waals surface area contributed by atoms with Gasteiger partial charge in [-0.25, -0.2) is 0 Å². The Hall–Kier alpha value is -0.511. The number of ether oxygens (including phenoxy) is 1. The predicted octanol–water partition coefficient (Wildman–Crippen LogP) is 6.89. The Morgan fingerprint density at radius 3 is 1.80 bits per heavy atom. The zero-order chi connectivity index (χ0) is 18.6. The average Bonchev–Trinajstić information content (AvgIpc) is 2.62. The number of rotatable bonds is 13. The standard InChI is InChI=1S/C12H25.C10H12O2.Sn/c1-3-5-7-9-11-12-10-8-6-4-2;1-2-6-10(11)12-9-7-4-3-5-8-9;/h1,3-12H2,2H3;3-5,7-8H,2,6H2,1H3;. The van der Waals surface area contributed by atoms with E-state index in [9.17, 15) is 4.79 Å². The van der Waals surface area contributed by atoms with Gasteiger partial charge in [0.1, 0.15) is 5.75 Å². The second kappa shape index (κ2) is 19.8. The SMILES string of the molecule is CCCC(=O)Oc1ccccc1.CCCCCCCCCCC[CH2][Sn]. The molecule has 0 heterocycles. The first-order valence-electron chi connectivity index (χ1n) is 10.1. The fourth-order valence-electron chi connectivity index (χ4n) is 2.49. The van der Waals surface area contributed by atoms with Gasteiger partial charge in [0.15, 0.2) is 0 Å². The van der Waals surface area contributed by atoms with Crippen LogP contribution in [0.3, 0.4) is 0 Å². The number of para-hydroxylation sites is 1. The van der Waals surface area contributed by atoms with E-state index in [0.717, 1.165) is 6.42 Å². The van der Waals surface area contributed by atoms with Crippen LogP contribution >= 0.6 is 0 Å². The normalized spacial score (nSPS) is 10.0. The van der Waals surface area contributed by atoms with Gasteiger partial charge in [0.05, 0.1) is 0 Å². The molecule has 0 unspecified atom stereocenters. The third-order valence-electron chi connectivity index (χ3n) is 3.96. The van der Waals surface area contributed by atoms with Gasteiger partial charge in [-0.15, -0.1) is 0 Å². The molecule has 0 bridgehead atoms. The van der Waals surface area contributed by atoms with Gasteiger partial charge in [0.25, 0.3) is 0 Å². The second-order valence-corrected chi connectivity index (χ2v) is 7.90. The number of esters is 1. The molecule has 0 fully saturated rings. The van der Waals surface area contributed by atoms with E-state index in [4.69, 9.17) is 4.74 Å². The Morgan fingerprint density at radius 2 is 1.32 bits per heavy atom. The summed E-state index contributed by atoms with van der Waals surface area (Å²) >= 11 is 1.72. The van der Waals surface area contributed by atoms with Crippen LogP contribution < -0.4 is 4.74 Å². The number of unbranched alkanes of at least 4 members (excludes halogenated alkanes) is 9. The Labute approximate surface area is 169 Å². The Morgan fingerprint density at radius 1 is 0.800 bits per heavy atom. The van der Waals surface area contributed by atoms with E-state index in [-0.39, 0.29) is 5.97 Å². The summed E-state index contributed by atoms with van der Waals surface area (Å²) in [5.41, 5.74) is 0. The van der Waals surface area contributed by atoms with E-state index >= 15 is 0 Å². The first kappa shape index (κ1) is 24.5. The summed E-state index contributed by atoms with van der Waals surface area (Å²) in [5.74, 6) is 0.458. The van der Waals surface area contributed by atoms with Crippen molar-refractivity contribution in [1.29, 1.82) is 0 Å². The summed E-state index contributed by atoms with van der Waals surface area (Å²) in [6.45, 7) is 4.24. The van der Waals surface area contributed by atoms with Gasteiger partial charge in [-0.1, -0.05) is 25.1 Å². The molecule has 0 aromatic heterocycles. The zero-order valence-corrected chi connectivity index (χ0v) is 19.2. The van der Waals surface area contributed by atoms with Crippen molar-refractivity contribution in [2.75, 3.05) is 0 Å². The first-order chi connectivity index (χ1) is 12.2. The fraction of sp³-hybridized carbons (Fsp3) is 0.682. The van der Waals surface area contributed by atoms with Crippen LogP contribution in [-0.2, 0) is 4.79 Å². The van der Waals surface area contributed by atoms with Gasteiger partial charge in [0, 0.05) is 6.42 Å². The van der Waals surface area contributed by atoms with E-state index in [1.807, 2.05) is 25.1 Å². The number of hydrogen-bond acceptors (Lipinski definition) is 2. The second-order valence-electron chi connectivity index (χ2n) is 6.47. The van der Waals surface area contributed by atoms with Crippen LogP contribution in [-0.4, -0.2) is 28.5 Å². The molecule has 25 heavy (non-hydrogen) atoms. The number of carbonyl (C=O) groups is 1. The molecule has 1 aromatic carbocycles. The average molecular weight is 452 g/mol. The molecule has 141 valence electrons. The molecule has 3 radical (unpaired) electrons. The third-order valence-corrected chi connectivity index (χ3v) is 4.97. The van der Waals surface area contributed by atoms with Crippen LogP contribution in [0.1, 0.15) is 90.9 Å². The number of benzene rings is 1. The summed E-state index contributed by atoms with van der Waals surface area (Å²) in [4.78, 5) is 11.0. The summed E-state index contributed by atoms with van der Waals surface area (Å²) in [6.07, 6.45) is 16.0. The summed E-state index contributed by atoms with van der Waals surface area (Å²) in [7, 11) is 0. The molecule has 0 saturated carbocycles. The molecule has 0 saturated heterocycles. The molecule has 0 N–H and O–H groups in total. The quantitative estimate of drug-likeness (QED) is 0.141. The van der Waals surface area contributed by atoms with Crippen molar-refractivity contribution >= 4 is 28.5 Å². The Bertz CT molecular complexity index is 382. The minimum atomic E-state index is -0.163. The zero-order valence-electron chi connectivity index (χ0n) is 16.4.